The summed E-state index contributed by atoms with van der Waals surface area (Å²) in [6.45, 7) is 1.70. The van der Waals surface area contributed by atoms with Crippen LogP contribution in [0.5, 0.6) is 5.75 Å². The Morgan fingerprint density at radius 3 is 2.50 bits per heavy atom. The number of hydrogen-bond acceptors (Lipinski definition) is 3. The number of benzene rings is 1. The van der Waals surface area contributed by atoms with Crippen LogP contribution in [0.15, 0.2) is 30.5 Å². The van der Waals surface area contributed by atoms with E-state index in [1.807, 2.05) is 0 Å². The fourth-order valence-corrected chi connectivity index (χ4v) is 2.16. The normalized spacial score (nSPS) is 14.3. The zero-order valence-electron chi connectivity index (χ0n) is 10.5. The van der Waals surface area contributed by atoms with Crippen LogP contribution in [0.3, 0.4) is 0 Å². The summed E-state index contributed by atoms with van der Waals surface area (Å²) in [5, 5.41) is 15.5. The molecule has 1 heterocycles. The van der Waals surface area contributed by atoms with Crippen molar-refractivity contribution in [2.45, 2.75) is 12.5 Å². The Morgan fingerprint density at radius 1 is 1.33 bits per heavy atom. The average molecular weight is 267 g/mol. The summed E-state index contributed by atoms with van der Waals surface area (Å²) in [7, 11) is 3.32. The second-order valence-electron chi connectivity index (χ2n) is 4.26. The van der Waals surface area contributed by atoms with Crippen LogP contribution < -0.4 is 4.74 Å². The van der Waals surface area contributed by atoms with Gasteiger partial charge in [-0.05, 0) is 24.6 Å². The maximum atomic E-state index is 10.7. The smallest absolute Gasteiger partial charge is 0.163 e. The molecule has 0 amide bonds. The molecule has 2 rings (SSSR count). The Balaban J connectivity index is 2.53. The van der Waals surface area contributed by atoms with Crippen molar-refractivity contribution in [3.05, 3.63) is 46.7 Å². The lowest BCUT2D eigenvalue weighted by atomic mass is 9.92. The van der Waals surface area contributed by atoms with Gasteiger partial charge in [-0.15, -0.1) is 0 Å². The van der Waals surface area contributed by atoms with Gasteiger partial charge in [0.1, 0.15) is 11.3 Å². The van der Waals surface area contributed by atoms with E-state index in [9.17, 15) is 5.11 Å². The molecule has 5 heteroatoms. The van der Waals surface area contributed by atoms with Gasteiger partial charge < -0.3 is 9.84 Å². The Hall–Kier alpha value is -1.52. The minimum absolute atomic E-state index is 0.553. The Kier molecular flexibility index (Phi) is 3.32. The number of aliphatic hydroxyl groups is 1. The lowest BCUT2D eigenvalue weighted by molar-refractivity contribution is 0.0897. The van der Waals surface area contributed by atoms with E-state index in [1.165, 1.54) is 0 Å². The van der Waals surface area contributed by atoms with Crippen LogP contribution in [-0.2, 0) is 12.6 Å². The number of aryl methyl sites for hydroxylation is 1. The lowest BCUT2D eigenvalue weighted by Crippen LogP contribution is -2.26. The monoisotopic (exact) mass is 266 g/mol. The van der Waals surface area contributed by atoms with Gasteiger partial charge >= 0.3 is 0 Å². The fourth-order valence-electron chi connectivity index (χ4n) is 2.03. The number of aromatic nitrogens is 2. The maximum Gasteiger partial charge on any atom is 0.163 e. The van der Waals surface area contributed by atoms with Crippen LogP contribution in [-0.4, -0.2) is 22.0 Å². The van der Waals surface area contributed by atoms with Crippen LogP contribution >= 0.6 is 11.6 Å². The maximum absolute atomic E-state index is 10.7. The van der Waals surface area contributed by atoms with Gasteiger partial charge in [0.05, 0.1) is 13.3 Å². The molecule has 1 atom stereocenters. The highest BCUT2D eigenvalue weighted by Crippen LogP contribution is 2.35. The van der Waals surface area contributed by atoms with Crippen LogP contribution in [0.25, 0.3) is 0 Å². The van der Waals surface area contributed by atoms with Crippen molar-refractivity contribution in [3.63, 3.8) is 0 Å². The van der Waals surface area contributed by atoms with E-state index in [-0.39, 0.29) is 0 Å². The Morgan fingerprint density at radius 2 is 1.94 bits per heavy atom. The van der Waals surface area contributed by atoms with Crippen LogP contribution in [0, 0.1) is 0 Å². The largest absolute Gasteiger partial charge is 0.493 e. The molecule has 0 saturated carbocycles. The molecule has 1 aromatic heterocycles. The summed E-state index contributed by atoms with van der Waals surface area (Å²) >= 11 is 5.85. The summed E-state index contributed by atoms with van der Waals surface area (Å²) in [5.74, 6) is 0.553. The van der Waals surface area contributed by atoms with Crippen molar-refractivity contribution >= 4 is 11.6 Å². The summed E-state index contributed by atoms with van der Waals surface area (Å²) in [6, 6.07) is 7.06. The van der Waals surface area contributed by atoms with Gasteiger partial charge in [0.2, 0.25) is 0 Å². The highest BCUT2D eigenvalue weighted by molar-refractivity contribution is 6.30. The number of hydrogen-bond donors (Lipinski definition) is 1. The quantitative estimate of drug-likeness (QED) is 0.928. The molecule has 1 unspecified atom stereocenters. The van der Waals surface area contributed by atoms with E-state index in [0.29, 0.717) is 16.5 Å². The predicted octanol–water partition coefficient (Wildman–Crippen LogP) is 2.34. The van der Waals surface area contributed by atoms with Gasteiger partial charge in [-0.25, -0.2) is 0 Å². The zero-order valence-corrected chi connectivity index (χ0v) is 11.3. The molecule has 1 aromatic carbocycles. The average Bonchev–Trinajstić information content (AvgIpc) is 2.71. The van der Waals surface area contributed by atoms with Crippen LogP contribution in [0.2, 0.25) is 5.02 Å². The van der Waals surface area contributed by atoms with E-state index < -0.39 is 5.60 Å². The second kappa shape index (κ2) is 4.63. The van der Waals surface area contributed by atoms with Crippen molar-refractivity contribution in [1.82, 2.24) is 9.78 Å². The van der Waals surface area contributed by atoms with Crippen molar-refractivity contribution < 1.29 is 9.84 Å². The standard InChI is InChI=1S/C13H15ClN2O2/c1-13(17,9-4-6-10(14)7-5-9)12-11(18-3)8-15-16(12)2/h4-8,17H,1-3H3. The molecular weight excluding hydrogens is 252 g/mol. The van der Waals surface area contributed by atoms with E-state index in [2.05, 4.69) is 5.10 Å². The minimum Gasteiger partial charge on any atom is -0.493 e. The molecule has 0 aliphatic carbocycles. The molecule has 1 N–H and O–H groups in total. The summed E-state index contributed by atoms with van der Waals surface area (Å²) in [5.41, 5.74) is 0.141. The Labute approximate surface area is 111 Å². The third-order valence-corrected chi connectivity index (χ3v) is 3.24. The molecule has 2 aromatic rings. The molecule has 0 fully saturated rings. The number of ether oxygens (including phenoxy) is 1. The molecule has 0 spiro atoms. The summed E-state index contributed by atoms with van der Waals surface area (Å²) in [6.07, 6.45) is 1.58. The summed E-state index contributed by atoms with van der Waals surface area (Å²) in [4.78, 5) is 0. The van der Waals surface area contributed by atoms with E-state index in [4.69, 9.17) is 16.3 Å². The van der Waals surface area contributed by atoms with E-state index in [0.717, 1.165) is 5.56 Å². The Bertz CT molecular complexity index is 547. The van der Waals surface area contributed by atoms with Crippen molar-refractivity contribution in [2.24, 2.45) is 7.05 Å². The van der Waals surface area contributed by atoms with Gasteiger partial charge in [-0.1, -0.05) is 23.7 Å². The third kappa shape index (κ3) is 2.09. The minimum atomic E-state index is -1.19. The van der Waals surface area contributed by atoms with Crippen molar-refractivity contribution in [3.8, 4) is 5.75 Å². The highest BCUT2D eigenvalue weighted by Gasteiger charge is 2.32. The third-order valence-electron chi connectivity index (χ3n) is 2.99. The molecule has 4 nitrogen and oxygen atoms in total. The van der Waals surface area contributed by atoms with Gasteiger partial charge in [-0.2, -0.15) is 5.10 Å². The van der Waals surface area contributed by atoms with Gasteiger partial charge in [0.25, 0.3) is 0 Å². The first kappa shape index (κ1) is 12.9. The van der Waals surface area contributed by atoms with E-state index >= 15 is 0 Å². The summed E-state index contributed by atoms with van der Waals surface area (Å²) < 4.78 is 6.83. The van der Waals surface area contributed by atoms with Gasteiger partial charge in [0.15, 0.2) is 5.75 Å². The molecule has 18 heavy (non-hydrogen) atoms. The van der Waals surface area contributed by atoms with Crippen molar-refractivity contribution in [1.29, 1.82) is 0 Å². The number of methoxy groups -OCH3 is 1. The lowest BCUT2D eigenvalue weighted by Gasteiger charge is -2.25. The molecular formula is C13H15ClN2O2. The highest BCUT2D eigenvalue weighted by atomic mass is 35.5. The predicted molar refractivity (Wildman–Crippen MR) is 69.9 cm³/mol. The number of nitrogens with zero attached hydrogens (tertiary/aromatic N) is 2. The van der Waals surface area contributed by atoms with Crippen LogP contribution in [0.1, 0.15) is 18.2 Å². The first-order chi connectivity index (χ1) is 8.46. The molecule has 0 bridgehead atoms. The van der Waals surface area contributed by atoms with Crippen LogP contribution in [0.4, 0.5) is 0 Å². The molecule has 0 saturated heterocycles. The van der Waals surface area contributed by atoms with Crippen molar-refractivity contribution in [2.75, 3.05) is 7.11 Å². The SMILES string of the molecule is COc1cnn(C)c1C(C)(O)c1ccc(Cl)cc1. The first-order valence-corrected chi connectivity index (χ1v) is 5.89. The van der Waals surface area contributed by atoms with Gasteiger partial charge in [0, 0.05) is 12.1 Å². The van der Waals surface area contributed by atoms with E-state index in [1.54, 1.807) is 56.2 Å². The second-order valence-corrected chi connectivity index (χ2v) is 4.70. The number of halogens is 1. The molecule has 0 radical (unpaired) electrons. The molecule has 0 aliphatic rings. The van der Waals surface area contributed by atoms with Gasteiger partial charge in [-0.3, -0.25) is 4.68 Å². The topological polar surface area (TPSA) is 47.3 Å². The zero-order chi connectivity index (χ0) is 13.3. The first-order valence-electron chi connectivity index (χ1n) is 5.51. The number of rotatable bonds is 3. The molecule has 0 aliphatic heterocycles. The fraction of sp³-hybridized carbons (Fsp3) is 0.308. The molecule has 96 valence electrons.